The number of carboxylic acids is 1. The molecule has 34 heavy (non-hydrogen) atoms. The van der Waals surface area contributed by atoms with Gasteiger partial charge in [0.25, 0.3) is 0 Å². The van der Waals surface area contributed by atoms with Crippen molar-refractivity contribution < 1.29 is 15.0 Å². The highest BCUT2D eigenvalue weighted by Gasteiger charge is 1.97. The maximum atomic E-state index is 10.3. The minimum Gasteiger partial charge on any atom is -0.481 e. The molecule has 4 heteroatoms. The highest BCUT2D eigenvalue weighted by molar-refractivity contribution is 5.66. The minimum absolute atomic E-state index is 0.250. The van der Waals surface area contributed by atoms with E-state index in [-0.39, 0.29) is 6.61 Å². The summed E-state index contributed by atoms with van der Waals surface area (Å²) in [7, 11) is 0. The van der Waals surface area contributed by atoms with Gasteiger partial charge in [-0.15, -0.1) is 0 Å². The van der Waals surface area contributed by atoms with E-state index >= 15 is 0 Å². The quantitative estimate of drug-likeness (QED) is 0.118. The highest BCUT2D eigenvalue weighted by Crippen LogP contribution is 2.13. The molecule has 0 aromatic carbocycles. The molecule has 4 nitrogen and oxygen atoms in total. The summed E-state index contributed by atoms with van der Waals surface area (Å²) >= 11 is 0. The number of aliphatic hydroxyl groups excluding tert-OH is 1. The predicted octanol–water partition coefficient (Wildman–Crippen LogP) is 9.42. The van der Waals surface area contributed by atoms with Gasteiger partial charge in [0.2, 0.25) is 0 Å². The van der Waals surface area contributed by atoms with Gasteiger partial charge in [-0.1, -0.05) is 149 Å². The Morgan fingerprint density at radius 1 is 0.500 bits per heavy atom. The van der Waals surface area contributed by atoms with Gasteiger partial charge >= 0.3 is 5.97 Å². The van der Waals surface area contributed by atoms with Crippen molar-refractivity contribution in [2.24, 2.45) is 5.73 Å². The van der Waals surface area contributed by atoms with Gasteiger partial charge in [-0.25, -0.2) is 0 Å². The third-order valence-corrected chi connectivity index (χ3v) is 6.05. The van der Waals surface area contributed by atoms with E-state index in [0.717, 1.165) is 19.4 Å². The molecule has 0 spiro atoms. The molecule has 0 aliphatic rings. The maximum Gasteiger partial charge on any atom is 0.303 e. The van der Waals surface area contributed by atoms with E-state index in [1.54, 1.807) is 6.92 Å². The molecule has 0 unspecified atom stereocenters. The Balaban J connectivity index is -0.000000575. The summed E-state index contributed by atoms with van der Waals surface area (Å²) in [5, 5.41) is 16.1. The van der Waals surface area contributed by atoms with E-state index in [9.17, 15) is 4.79 Å². The molecular formula is C30H65NO3. The summed E-state index contributed by atoms with van der Waals surface area (Å²) in [6, 6.07) is 0. The van der Waals surface area contributed by atoms with Gasteiger partial charge in [0, 0.05) is 13.0 Å². The number of aliphatic carboxylic acids is 1. The topological polar surface area (TPSA) is 83.5 Å². The zero-order chi connectivity index (χ0) is 26.0. The van der Waals surface area contributed by atoms with Crippen molar-refractivity contribution in [3.63, 3.8) is 0 Å². The first-order valence-corrected chi connectivity index (χ1v) is 15.1. The molecule has 0 bridgehead atoms. The van der Waals surface area contributed by atoms with Crippen LogP contribution in [0.4, 0.5) is 0 Å². The molecule has 0 atom stereocenters. The lowest BCUT2D eigenvalue weighted by Crippen LogP contribution is -1.97. The number of hydrogen-bond donors (Lipinski definition) is 3. The first kappa shape index (κ1) is 37.9. The van der Waals surface area contributed by atoms with Crippen LogP contribution >= 0.6 is 0 Å². The van der Waals surface area contributed by atoms with Crippen LogP contribution in [0.25, 0.3) is 0 Å². The van der Waals surface area contributed by atoms with E-state index in [1.165, 1.54) is 135 Å². The molecule has 0 aliphatic carbocycles. The van der Waals surface area contributed by atoms with Crippen LogP contribution in [0.5, 0.6) is 0 Å². The molecule has 0 aliphatic heterocycles. The van der Waals surface area contributed by atoms with Crippen molar-refractivity contribution in [1.82, 2.24) is 0 Å². The largest absolute Gasteiger partial charge is 0.481 e. The average molecular weight is 488 g/mol. The first-order chi connectivity index (χ1) is 16.6. The number of carbonyl (C=O) groups is 1. The molecule has 0 rings (SSSR count). The van der Waals surface area contributed by atoms with E-state index in [0.29, 0.717) is 6.42 Å². The number of nitrogens with two attached hydrogens (primary N) is 1. The van der Waals surface area contributed by atoms with Crippen molar-refractivity contribution in [2.45, 2.75) is 175 Å². The van der Waals surface area contributed by atoms with Crippen molar-refractivity contribution in [3.05, 3.63) is 0 Å². The van der Waals surface area contributed by atoms with E-state index in [1.807, 2.05) is 0 Å². The SMILES string of the molecule is CCCCCCCCCCCCCCCCCC(=O)O.CCCCCCCCCCN.CCO. The number of hydrogen-bond acceptors (Lipinski definition) is 3. The van der Waals surface area contributed by atoms with Crippen molar-refractivity contribution in [2.75, 3.05) is 13.2 Å². The molecule has 0 radical (unpaired) electrons. The van der Waals surface area contributed by atoms with Crippen molar-refractivity contribution in [3.8, 4) is 0 Å². The monoisotopic (exact) mass is 487 g/mol. The molecular weight excluding hydrogens is 422 g/mol. The standard InChI is InChI=1S/C18H36O2.C10H23N.C2H6O/c1-2-3-4-5-6-7-8-9-10-11-12-13-14-15-16-17-18(19)20;1-2-3-4-5-6-7-8-9-10-11;1-2-3/h2-17H2,1H3,(H,19,20);2-11H2,1H3;3H,2H2,1H3. The van der Waals surface area contributed by atoms with E-state index < -0.39 is 5.97 Å². The van der Waals surface area contributed by atoms with Gasteiger partial charge in [0.1, 0.15) is 0 Å². The Morgan fingerprint density at radius 2 is 0.735 bits per heavy atom. The normalized spacial score (nSPS) is 10.3. The Bertz CT molecular complexity index is 329. The Morgan fingerprint density at radius 3 is 0.971 bits per heavy atom. The van der Waals surface area contributed by atoms with Crippen LogP contribution < -0.4 is 5.73 Å². The summed E-state index contributed by atoms with van der Waals surface area (Å²) in [6.45, 7) is 7.33. The zero-order valence-corrected chi connectivity index (χ0v) is 23.8. The maximum absolute atomic E-state index is 10.3. The summed E-state index contributed by atoms with van der Waals surface area (Å²) in [4.78, 5) is 10.3. The average Bonchev–Trinajstić information content (AvgIpc) is 2.82. The third-order valence-electron chi connectivity index (χ3n) is 6.05. The van der Waals surface area contributed by atoms with Gasteiger partial charge in [-0.2, -0.15) is 0 Å². The predicted molar refractivity (Wildman–Crippen MR) is 152 cm³/mol. The van der Waals surface area contributed by atoms with Crippen LogP contribution in [-0.4, -0.2) is 29.3 Å². The third kappa shape index (κ3) is 48.7. The van der Waals surface area contributed by atoms with Crippen LogP contribution in [-0.2, 0) is 4.79 Å². The smallest absolute Gasteiger partial charge is 0.303 e. The second-order valence-electron chi connectivity index (χ2n) is 9.67. The Labute approximate surface area is 214 Å². The lowest BCUT2D eigenvalue weighted by Gasteiger charge is -2.03. The molecule has 0 fully saturated rings. The van der Waals surface area contributed by atoms with Gasteiger partial charge in [-0.05, 0) is 26.3 Å². The number of rotatable bonds is 24. The summed E-state index contributed by atoms with van der Waals surface area (Å²) in [5.74, 6) is -0.653. The lowest BCUT2D eigenvalue weighted by atomic mass is 10.0. The van der Waals surface area contributed by atoms with Crippen molar-refractivity contribution >= 4 is 5.97 Å². The van der Waals surface area contributed by atoms with Gasteiger partial charge in [0.05, 0.1) is 0 Å². The summed E-state index contributed by atoms with van der Waals surface area (Å²) < 4.78 is 0. The number of aliphatic hydroxyl groups is 1. The second-order valence-corrected chi connectivity index (χ2v) is 9.67. The van der Waals surface area contributed by atoms with Gasteiger partial charge < -0.3 is 15.9 Å². The molecule has 0 heterocycles. The summed E-state index contributed by atoms with van der Waals surface area (Å²) in [5.41, 5.74) is 5.39. The second kappa shape index (κ2) is 39.6. The van der Waals surface area contributed by atoms with E-state index in [4.69, 9.17) is 15.9 Å². The highest BCUT2D eigenvalue weighted by atomic mass is 16.4. The fourth-order valence-corrected chi connectivity index (χ4v) is 3.93. The molecule has 0 aromatic rings. The van der Waals surface area contributed by atoms with Gasteiger partial charge in [-0.3, -0.25) is 4.79 Å². The Hall–Kier alpha value is -0.610. The van der Waals surface area contributed by atoms with Crippen LogP contribution in [0.1, 0.15) is 175 Å². The lowest BCUT2D eigenvalue weighted by molar-refractivity contribution is -0.137. The van der Waals surface area contributed by atoms with E-state index in [2.05, 4.69) is 13.8 Å². The Kier molecular flexibility index (Phi) is 44.2. The van der Waals surface area contributed by atoms with Crippen LogP contribution in [0.15, 0.2) is 0 Å². The molecule has 0 saturated heterocycles. The van der Waals surface area contributed by atoms with Crippen molar-refractivity contribution in [1.29, 1.82) is 0 Å². The first-order valence-electron chi connectivity index (χ1n) is 15.1. The molecule has 4 N–H and O–H groups in total. The molecule has 0 amide bonds. The number of carboxylic acid groups (broad SMARTS) is 1. The van der Waals surface area contributed by atoms with Crippen LogP contribution in [0.2, 0.25) is 0 Å². The molecule has 208 valence electrons. The van der Waals surface area contributed by atoms with Gasteiger partial charge in [0.15, 0.2) is 0 Å². The zero-order valence-electron chi connectivity index (χ0n) is 23.8. The minimum atomic E-state index is -0.653. The van der Waals surface area contributed by atoms with Crippen LogP contribution in [0.3, 0.4) is 0 Å². The number of unbranched alkanes of at least 4 members (excludes halogenated alkanes) is 21. The molecule has 0 saturated carbocycles. The van der Waals surface area contributed by atoms with Crippen LogP contribution in [0, 0.1) is 0 Å². The fourth-order valence-electron chi connectivity index (χ4n) is 3.93. The fraction of sp³-hybridized carbons (Fsp3) is 0.967. The summed E-state index contributed by atoms with van der Waals surface area (Å²) in [6.07, 6.45) is 31.2. The molecule has 0 aromatic heterocycles.